The summed E-state index contributed by atoms with van der Waals surface area (Å²) in [6, 6.07) is 0. The second-order valence-corrected chi connectivity index (χ2v) is 5.19. The number of hydrogen-bond acceptors (Lipinski definition) is 5. The van der Waals surface area contributed by atoms with Gasteiger partial charge in [-0.15, -0.1) is 0 Å². The molecule has 22 heavy (non-hydrogen) atoms. The van der Waals surface area contributed by atoms with E-state index in [4.69, 9.17) is 22.1 Å². The molecule has 0 aromatic carbocycles. The first-order valence-corrected chi connectivity index (χ1v) is 6.56. The fourth-order valence-electron chi connectivity index (χ4n) is 2.51. The minimum absolute atomic E-state index is 0.457. The number of aromatic amines is 1. The molecule has 2 rings (SSSR count). The van der Waals surface area contributed by atoms with E-state index in [0.29, 0.717) is 10.8 Å². The first-order valence-electron chi connectivity index (χ1n) is 6.15. The summed E-state index contributed by atoms with van der Waals surface area (Å²) in [6.45, 7) is -1.64. The number of rotatable bonds is 3. The molecule has 4 atom stereocenters. The van der Waals surface area contributed by atoms with Crippen LogP contribution in [0.5, 0.6) is 0 Å². The van der Waals surface area contributed by atoms with Gasteiger partial charge in [-0.3, -0.25) is 14.3 Å². The SMILES string of the molecule is O=c1[nH]c(=S)n([C@@H]2O[C@H](CO)C(CO)C2C(F)(F)F)cc1F. The van der Waals surface area contributed by atoms with Gasteiger partial charge in [0, 0.05) is 12.5 Å². The Hall–Kier alpha value is -1.30. The van der Waals surface area contributed by atoms with Crippen LogP contribution in [-0.2, 0) is 4.74 Å². The Morgan fingerprint density at radius 2 is 2.00 bits per heavy atom. The molecule has 2 unspecified atom stereocenters. The van der Waals surface area contributed by atoms with E-state index in [-0.39, 0.29) is 0 Å². The van der Waals surface area contributed by atoms with Gasteiger partial charge in [0.25, 0.3) is 5.56 Å². The minimum Gasteiger partial charge on any atom is -0.396 e. The van der Waals surface area contributed by atoms with Crippen molar-refractivity contribution in [2.24, 2.45) is 11.8 Å². The van der Waals surface area contributed by atoms with Gasteiger partial charge in [-0.25, -0.2) is 0 Å². The number of halogens is 4. The van der Waals surface area contributed by atoms with E-state index in [1.807, 2.05) is 4.98 Å². The van der Waals surface area contributed by atoms with Crippen LogP contribution in [0, 0.1) is 22.4 Å². The van der Waals surface area contributed by atoms with Crippen molar-refractivity contribution >= 4 is 12.2 Å². The lowest BCUT2D eigenvalue weighted by atomic mass is 9.89. The van der Waals surface area contributed by atoms with Gasteiger partial charge in [0.05, 0.1) is 18.9 Å². The fraction of sp³-hybridized carbons (Fsp3) is 0.636. The van der Waals surface area contributed by atoms with Gasteiger partial charge in [-0.2, -0.15) is 17.6 Å². The highest BCUT2D eigenvalue weighted by Gasteiger charge is 2.58. The molecular formula is C11H12F4N2O4S. The maximum atomic E-state index is 13.3. The molecule has 3 N–H and O–H groups in total. The lowest BCUT2D eigenvalue weighted by Gasteiger charge is -2.26. The minimum atomic E-state index is -4.79. The molecule has 124 valence electrons. The Morgan fingerprint density at radius 1 is 1.36 bits per heavy atom. The zero-order valence-corrected chi connectivity index (χ0v) is 11.7. The number of alkyl halides is 3. The Kier molecular flexibility index (Phi) is 4.70. The third-order valence-electron chi connectivity index (χ3n) is 3.53. The topological polar surface area (TPSA) is 87.5 Å². The van der Waals surface area contributed by atoms with E-state index in [1.54, 1.807) is 0 Å². The number of ether oxygens (including phenoxy) is 1. The summed E-state index contributed by atoms with van der Waals surface area (Å²) in [4.78, 5) is 13.0. The van der Waals surface area contributed by atoms with Crippen LogP contribution >= 0.6 is 12.2 Å². The molecule has 0 spiro atoms. The Balaban J connectivity index is 2.55. The molecule has 0 radical (unpaired) electrons. The van der Waals surface area contributed by atoms with Crippen molar-refractivity contribution in [2.45, 2.75) is 18.5 Å². The maximum Gasteiger partial charge on any atom is 0.396 e. The van der Waals surface area contributed by atoms with Crippen LogP contribution in [0.4, 0.5) is 17.6 Å². The normalized spacial score (nSPS) is 29.0. The van der Waals surface area contributed by atoms with Gasteiger partial charge < -0.3 is 14.9 Å². The van der Waals surface area contributed by atoms with Crippen LogP contribution < -0.4 is 5.56 Å². The molecule has 0 bridgehead atoms. The van der Waals surface area contributed by atoms with Crippen molar-refractivity contribution in [3.8, 4) is 0 Å². The number of aliphatic hydroxyl groups is 2. The van der Waals surface area contributed by atoms with Gasteiger partial charge in [0.2, 0.25) is 5.82 Å². The molecule has 1 fully saturated rings. The largest absolute Gasteiger partial charge is 0.396 e. The van der Waals surface area contributed by atoms with Crippen molar-refractivity contribution in [3.05, 3.63) is 27.1 Å². The van der Waals surface area contributed by atoms with Gasteiger partial charge in [0.15, 0.2) is 4.77 Å². The maximum absolute atomic E-state index is 13.3. The Morgan fingerprint density at radius 3 is 2.50 bits per heavy atom. The van der Waals surface area contributed by atoms with Crippen molar-refractivity contribution in [3.63, 3.8) is 0 Å². The number of nitrogens with zero attached hydrogens (tertiary/aromatic N) is 1. The lowest BCUT2D eigenvalue weighted by Crippen LogP contribution is -2.37. The highest BCUT2D eigenvalue weighted by atomic mass is 32.1. The van der Waals surface area contributed by atoms with Gasteiger partial charge in [-0.1, -0.05) is 0 Å². The molecule has 1 aromatic heterocycles. The molecule has 0 amide bonds. The Labute approximate surface area is 126 Å². The average molecular weight is 344 g/mol. The molecule has 1 saturated heterocycles. The summed E-state index contributed by atoms with van der Waals surface area (Å²) in [5.74, 6) is -4.98. The van der Waals surface area contributed by atoms with Crippen molar-refractivity contribution in [1.82, 2.24) is 9.55 Å². The zero-order valence-electron chi connectivity index (χ0n) is 10.9. The van der Waals surface area contributed by atoms with Crippen LogP contribution in [0.2, 0.25) is 0 Å². The van der Waals surface area contributed by atoms with Crippen molar-refractivity contribution in [1.29, 1.82) is 0 Å². The molecule has 1 aliphatic rings. The van der Waals surface area contributed by atoms with Crippen molar-refractivity contribution < 1.29 is 32.5 Å². The fourth-order valence-corrected chi connectivity index (χ4v) is 2.76. The predicted octanol–water partition coefficient (Wildman–Crippen LogP) is 0.722. The molecular weight excluding hydrogens is 332 g/mol. The highest BCUT2D eigenvalue weighted by molar-refractivity contribution is 7.71. The summed E-state index contributed by atoms with van der Waals surface area (Å²) < 4.78 is 58.4. The molecule has 6 nitrogen and oxygen atoms in total. The molecule has 2 heterocycles. The van der Waals surface area contributed by atoms with Crippen LogP contribution in [-0.4, -0.2) is 45.3 Å². The average Bonchev–Trinajstić information content (AvgIpc) is 2.81. The van der Waals surface area contributed by atoms with E-state index in [2.05, 4.69) is 0 Å². The van der Waals surface area contributed by atoms with E-state index in [9.17, 15) is 27.5 Å². The summed E-state index contributed by atoms with van der Waals surface area (Å²) in [6.07, 6.45) is -7.37. The van der Waals surface area contributed by atoms with E-state index >= 15 is 0 Å². The van der Waals surface area contributed by atoms with Crippen molar-refractivity contribution in [2.75, 3.05) is 13.2 Å². The standard InChI is InChI=1S/C11H12F4N2O4S/c12-5-1-17(10(22)16-8(5)20)9-7(11(13,14)15)4(2-18)6(3-19)21-9/h1,4,6-7,9,18-19H,2-3H2,(H,16,20,22)/t4?,6-,7?,9-/m1/s1. The summed E-state index contributed by atoms with van der Waals surface area (Å²) in [5, 5.41) is 18.3. The van der Waals surface area contributed by atoms with Crippen LogP contribution in [0.1, 0.15) is 6.23 Å². The number of aliphatic hydroxyl groups excluding tert-OH is 2. The number of hydrogen-bond donors (Lipinski definition) is 3. The van der Waals surface area contributed by atoms with Gasteiger partial charge in [0.1, 0.15) is 12.1 Å². The molecule has 0 aliphatic carbocycles. The van der Waals surface area contributed by atoms with Crippen LogP contribution in [0.25, 0.3) is 0 Å². The number of nitrogens with one attached hydrogen (secondary N) is 1. The summed E-state index contributed by atoms with van der Waals surface area (Å²) >= 11 is 4.73. The second kappa shape index (κ2) is 6.07. The molecule has 0 saturated carbocycles. The first-order chi connectivity index (χ1) is 10.2. The third kappa shape index (κ3) is 2.93. The number of aromatic nitrogens is 2. The van der Waals surface area contributed by atoms with E-state index in [1.165, 1.54) is 0 Å². The van der Waals surface area contributed by atoms with E-state index in [0.717, 1.165) is 0 Å². The van der Waals surface area contributed by atoms with Gasteiger partial charge in [-0.05, 0) is 12.2 Å². The second-order valence-electron chi connectivity index (χ2n) is 4.81. The molecule has 11 heteroatoms. The quantitative estimate of drug-likeness (QED) is 0.556. The summed E-state index contributed by atoms with van der Waals surface area (Å²) in [7, 11) is 0. The lowest BCUT2D eigenvalue weighted by molar-refractivity contribution is -0.207. The van der Waals surface area contributed by atoms with E-state index < -0.39 is 59.7 Å². The zero-order chi connectivity index (χ0) is 16.7. The number of H-pyrrole nitrogens is 1. The van der Waals surface area contributed by atoms with Crippen LogP contribution in [0.15, 0.2) is 11.0 Å². The van der Waals surface area contributed by atoms with Crippen LogP contribution in [0.3, 0.4) is 0 Å². The molecule has 1 aliphatic heterocycles. The predicted molar refractivity (Wildman–Crippen MR) is 67.0 cm³/mol. The molecule has 1 aromatic rings. The highest BCUT2D eigenvalue weighted by Crippen LogP contribution is 2.48. The first kappa shape index (κ1) is 17.1. The third-order valence-corrected chi connectivity index (χ3v) is 3.84. The summed E-state index contributed by atoms with van der Waals surface area (Å²) in [5.41, 5.74) is -1.17. The van der Waals surface area contributed by atoms with Gasteiger partial charge >= 0.3 is 6.18 Å². The Bertz CT molecular complexity index is 659. The monoisotopic (exact) mass is 344 g/mol. The smallest absolute Gasteiger partial charge is 0.396 e.